The van der Waals surface area contributed by atoms with Gasteiger partial charge in [0.1, 0.15) is 5.82 Å². The van der Waals surface area contributed by atoms with Gasteiger partial charge in [-0.15, -0.1) is 0 Å². The Kier molecular flexibility index (Phi) is 7.21. The molecule has 1 saturated heterocycles. The van der Waals surface area contributed by atoms with Gasteiger partial charge in [0.15, 0.2) is 0 Å². The largest absolute Gasteiger partial charge is 0.416 e. The van der Waals surface area contributed by atoms with Gasteiger partial charge in [-0.2, -0.15) is 26.3 Å². The van der Waals surface area contributed by atoms with Crippen LogP contribution in [0, 0.1) is 5.82 Å². The normalized spacial score (nSPS) is 21.8. The van der Waals surface area contributed by atoms with E-state index in [9.17, 15) is 30.7 Å². The third-order valence-electron chi connectivity index (χ3n) is 5.26. The fourth-order valence-electron chi connectivity index (χ4n) is 3.64. The second kappa shape index (κ2) is 9.22. The molecule has 1 aliphatic rings. The van der Waals surface area contributed by atoms with E-state index < -0.39 is 41.5 Å². The Bertz CT molecular complexity index is 866. The number of hydrogen-bond donors (Lipinski definition) is 0. The van der Waals surface area contributed by atoms with Gasteiger partial charge in [-0.3, -0.25) is 0 Å². The van der Waals surface area contributed by atoms with Crippen LogP contribution in [0.2, 0.25) is 0 Å². The zero-order valence-corrected chi connectivity index (χ0v) is 18.4. The lowest BCUT2D eigenvalue weighted by Gasteiger charge is -2.37. The molecule has 0 N–H and O–H groups in total. The Balaban J connectivity index is 1.89. The Morgan fingerprint density at radius 3 is 2.03 bits per heavy atom. The average Bonchev–Trinajstić information content (AvgIpc) is 2.68. The fourth-order valence-corrected chi connectivity index (χ4v) is 4.34. The van der Waals surface area contributed by atoms with E-state index in [1.807, 2.05) is 3.11 Å². The Hall–Kier alpha value is -1.40. The van der Waals surface area contributed by atoms with Crippen molar-refractivity contribution in [3.05, 3.63) is 70.5 Å². The Labute approximate surface area is 188 Å². The molecule has 1 fully saturated rings. The molecular weight excluding hydrogens is 542 g/mol. The molecule has 31 heavy (non-hydrogen) atoms. The van der Waals surface area contributed by atoms with Crippen molar-refractivity contribution in [3.63, 3.8) is 0 Å². The molecular formula is C21H19F7INO. The minimum atomic E-state index is -4.92. The highest BCUT2D eigenvalue weighted by atomic mass is 127. The lowest BCUT2D eigenvalue weighted by molar-refractivity contribution is -0.143. The third kappa shape index (κ3) is 6.10. The molecule has 0 aromatic heterocycles. The van der Waals surface area contributed by atoms with Crippen LogP contribution in [0.5, 0.6) is 0 Å². The van der Waals surface area contributed by atoms with Gasteiger partial charge in [-0.25, -0.2) is 7.50 Å². The SMILES string of the molecule is CC(OC1CCN(I)CC1c1ccc(F)cc1)c1cc(C(F)(F)F)cc(C(F)(F)F)c1. The number of alkyl halides is 6. The monoisotopic (exact) mass is 561 g/mol. The number of halogens is 8. The average molecular weight is 561 g/mol. The maximum atomic E-state index is 13.3. The highest BCUT2D eigenvalue weighted by Gasteiger charge is 2.38. The molecule has 0 bridgehead atoms. The van der Waals surface area contributed by atoms with E-state index in [2.05, 4.69) is 22.9 Å². The van der Waals surface area contributed by atoms with Crippen molar-refractivity contribution in [2.75, 3.05) is 13.1 Å². The van der Waals surface area contributed by atoms with Crippen LogP contribution in [0.1, 0.15) is 47.6 Å². The van der Waals surface area contributed by atoms with Crippen LogP contribution in [0.25, 0.3) is 0 Å². The number of ether oxygens (including phenoxy) is 1. The molecule has 3 rings (SSSR count). The topological polar surface area (TPSA) is 12.5 Å². The molecule has 2 aromatic carbocycles. The summed E-state index contributed by atoms with van der Waals surface area (Å²) in [4.78, 5) is 0. The van der Waals surface area contributed by atoms with Crippen LogP contribution < -0.4 is 0 Å². The Morgan fingerprint density at radius 1 is 0.968 bits per heavy atom. The summed E-state index contributed by atoms with van der Waals surface area (Å²) in [6.07, 6.45) is -10.8. The summed E-state index contributed by atoms with van der Waals surface area (Å²) < 4.78 is 100. The molecule has 3 atom stereocenters. The first-order chi connectivity index (χ1) is 14.3. The van der Waals surface area contributed by atoms with Gasteiger partial charge in [0.25, 0.3) is 0 Å². The smallest absolute Gasteiger partial charge is 0.370 e. The summed E-state index contributed by atoms with van der Waals surface area (Å²) in [5, 5.41) is 0. The zero-order valence-electron chi connectivity index (χ0n) is 16.3. The molecule has 170 valence electrons. The predicted octanol–water partition coefficient (Wildman–Crippen LogP) is 7.15. The highest BCUT2D eigenvalue weighted by Crippen LogP contribution is 2.39. The van der Waals surface area contributed by atoms with E-state index in [1.165, 1.54) is 19.1 Å². The summed E-state index contributed by atoms with van der Waals surface area (Å²) in [6.45, 7) is 2.64. The number of nitrogens with zero attached hydrogens (tertiary/aromatic N) is 1. The molecule has 1 aliphatic heterocycles. The van der Waals surface area contributed by atoms with E-state index in [-0.39, 0.29) is 17.5 Å². The van der Waals surface area contributed by atoms with Crippen LogP contribution in [-0.2, 0) is 17.1 Å². The number of rotatable bonds is 4. The fraction of sp³-hybridized carbons (Fsp3) is 0.429. The maximum Gasteiger partial charge on any atom is 0.416 e. The van der Waals surface area contributed by atoms with Crippen molar-refractivity contribution in [1.82, 2.24) is 3.11 Å². The van der Waals surface area contributed by atoms with Gasteiger partial charge < -0.3 is 4.74 Å². The standard InChI is InChI=1S/C21H19F7INO/c1-12(14-8-15(20(23,24)25)10-16(9-14)21(26,27)28)31-19-6-7-30(29)11-18(19)13-2-4-17(22)5-3-13/h2-5,8-10,12,18-19H,6-7,11H2,1H3. The van der Waals surface area contributed by atoms with Crippen molar-refractivity contribution in [3.8, 4) is 0 Å². The summed E-state index contributed by atoms with van der Waals surface area (Å²) in [6, 6.07) is 7.34. The molecule has 10 heteroatoms. The van der Waals surface area contributed by atoms with Crippen molar-refractivity contribution in [2.45, 2.75) is 43.8 Å². The highest BCUT2D eigenvalue weighted by molar-refractivity contribution is 14.1. The second-order valence-electron chi connectivity index (χ2n) is 7.47. The summed E-state index contributed by atoms with van der Waals surface area (Å²) in [5.74, 6) is -0.609. The molecule has 0 saturated carbocycles. The lowest BCUT2D eigenvalue weighted by atomic mass is 9.88. The molecule has 2 aromatic rings. The second-order valence-corrected chi connectivity index (χ2v) is 8.84. The first-order valence-corrected chi connectivity index (χ1v) is 10.4. The summed E-state index contributed by atoms with van der Waals surface area (Å²) >= 11 is 2.14. The number of hydrogen-bond acceptors (Lipinski definition) is 2. The van der Waals surface area contributed by atoms with Crippen LogP contribution in [0.3, 0.4) is 0 Å². The van der Waals surface area contributed by atoms with E-state index in [0.29, 0.717) is 31.6 Å². The zero-order chi connectivity index (χ0) is 23.0. The van der Waals surface area contributed by atoms with Crippen LogP contribution in [-0.4, -0.2) is 22.3 Å². The van der Waals surface area contributed by atoms with Crippen LogP contribution >= 0.6 is 22.9 Å². The summed E-state index contributed by atoms with van der Waals surface area (Å²) in [7, 11) is 0. The predicted molar refractivity (Wildman–Crippen MR) is 109 cm³/mol. The van der Waals surface area contributed by atoms with Crippen molar-refractivity contribution in [1.29, 1.82) is 0 Å². The van der Waals surface area contributed by atoms with Gasteiger partial charge in [0, 0.05) is 41.9 Å². The minimum Gasteiger partial charge on any atom is -0.370 e. The van der Waals surface area contributed by atoms with Crippen LogP contribution in [0.15, 0.2) is 42.5 Å². The molecule has 0 spiro atoms. The third-order valence-corrected chi connectivity index (χ3v) is 6.13. The molecule has 0 amide bonds. The van der Waals surface area contributed by atoms with Crippen LogP contribution in [0.4, 0.5) is 30.7 Å². The van der Waals surface area contributed by atoms with Gasteiger partial charge in [-0.05, 0) is 54.8 Å². The molecule has 1 heterocycles. The number of piperidine rings is 1. The van der Waals surface area contributed by atoms with Gasteiger partial charge in [0.05, 0.1) is 23.3 Å². The first kappa shape index (κ1) is 24.2. The maximum absolute atomic E-state index is 13.3. The van der Waals surface area contributed by atoms with Crippen molar-refractivity contribution < 1.29 is 35.5 Å². The van der Waals surface area contributed by atoms with E-state index >= 15 is 0 Å². The van der Waals surface area contributed by atoms with Gasteiger partial charge in [-0.1, -0.05) is 12.1 Å². The van der Waals surface area contributed by atoms with Crippen molar-refractivity contribution >= 4 is 22.9 Å². The van der Waals surface area contributed by atoms with E-state index in [1.54, 1.807) is 12.1 Å². The van der Waals surface area contributed by atoms with Crippen molar-refractivity contribution in [2.24, 2.45) is 0 Å². The van der Waals surface area contributed by atoms with E-state index in [4.69, 9.17) is 4.74 Å². The Morgan fingerprint density at radius 2 is 1.52 bits per heavy atom. The minimum absolute atomic E-state index is 0.103. The summed E-state index contributed by atoms with van der Waals surface area (Å²) in [5.41, 5.74) is -2.15. The van der Waals surface area contributed by atoms with Gasteiger partial charge in [0.2, 0.25) is 0 Å². The quantitative estimate of drug-likeness (QED) is 0.224. The van der Waals surface area contributed by atoms with Gasteiger partial charge >= 0.3 is 12.4 Å². The molecule has 0 aliphatic carbocycles. The molecule has 2 nitrogen and oxygen atoms in total. The first-order valence-electron chi connectivity index (χ1n) is 9.45. The number of benzene rings is 2. The van der Waals surface area contributed by atoms with E-state index in [0.717, 1.165) is 5.56 Å². The molecule has 0 radical (unpaired) electrons. The lowest BCUT2D eigenvalue weighted by Crippen LogP contribution is -2.39. The molecule has 3 unspecified atom stereocenters.